The van der Waals surface area contributed by atoms with Gasteiger partial charge in [0.15, 0.2) is 0 Å². The number of anilines is 3. The van der Waals surface area contributed by atoms with Crippen molar-refractivity contribution < 1.29 is 32.3 Å². The molecule has 0 spiro atoms. The molecule has 1 unspecified atom stereocenters. The van der Waals surface area contributed by atoms with E-state index < -0.39 is 34.9 Å². The summed E-state index contributed by atoms with van der Waals surface area (Å²) in [5.41, 5.74) is 1.69. The summed E-state index contributed by atoms with van der Waals surface area (Å²) in [7, 11) is 1.58. The first-order valence-corrected chi connectivity index (χ1v) is 16.6. The largest absolute Gasteiger partial charge is 0.495 e. The highest BCUT2D eigenvalue weighted by atomic mass is 79.9. The standard InChI is InChI=1S/C11H13BrClNO2.C10H8Cl2F3NO.C10H12ClNO/c1-8-4-3-5-9(16-2)11(8)14(7-12)10(15)6-13;11-5-9(17)16(6-12)8-4-2-1-3-7(8)10(13,14)15;1-2-9(11)10(13)12-8-6-4-3-5-7-8/h3-5H,6-7H2,1-2H3;1-4H,5-6H2;3-7,9H,2H2,1H3,(H,12,13). The fourth-order valence-corrected chi connectivity index (χ4v) is 4.82. The van der Waals surface area contributed by atoms with Gasteiger partial charge in [0.25, 0.3) is 0 Å². The maximum atomic E-state index is 12.7. The van der Waals surface area contributed by atoms with Gasteiger partial charge in [-0.1, -0.05) is 65.3 Å². The molecule has 3 amide bonds. The van der Waals surface area contributed by atoms with Gasteiger partial charge < -0.3 is 10.1 Å². The van der Waals surface area contributed by atoms with Gasteiger partial charge in [-0.2, -0.15) is 13.2 Å². The second-order valence-corrected chi connectivity index (χ2v) is 10.8. The number of aryl methyl sites for hydroxylation is 1. The first-order valence-electron chi connectivity index (χ1n) is 13.4. The molecule has 252 valence electrons. The van der Waals surface area contributed by atoms with Crippen molar-refractivity contribution >= 4 is 97.1 Å². The predicted molar refractivity (Wildman–Crippen MR) is 185 cm³/mol. The molecule has 15 heteroatoms. The van der Waals surface area contributed by atoms with Gasteiger partial charge in [0, 0.05) is 5.69 Å². The summed E-state index contributed by atoms with van der Waals surface area (Å²) < 4.78 is 43.3. The van der Waals surface area contributed by atoms with Gasteiger partial charge in [-0.15, -0.1) is 46.4 Å². The van der Waals surface area contributed by atoms with E-state index >= 15 is 0 Å². The summed E-state index contributed by atoms with van der Waals surface area (Å²) in [5, 5.41) is 2.28. The highest BCUT2D eigenvalue weighted by Gasteiger charge is 2.35. The van der Waals surface area contributed by atoms with Crippen LogP contribution in [0, 0.1) is 6.92 Å². The van der Waals surface area contributed by atoms with Crippen LogP contribution in [0.15, 0.2) is 72.8 Å². The number of methoxy groups -OCH3 is 1. The number of hydrogen-bond donors (Lipinski definition) is 1. The van der Waals surface area contributed by atoms with Crippen molar-refractivity contribution in [3.05, 3.63) is 83.9 Å². The predicted octanol–water partition coefficient (Wildman–Crippen LogP) is 9.04. The Hall–Kier alpha value is -2.70. The maximum absolute atomic E-state index is 12.7. The third-order valence-corrected chi connectivity index (χ3v) is 7.65. The van der Waals surface area contributed by atoms with Crippen LogP contribution in [0.1, 0.15) is 24.5 Å². The molecule has 1 atom stereocenters. The quantitative estimate of drug-likeness (QED) is 0.164. The Balaban J connectivity index is 0.000000348. The molecule has 0 saturated carbocycles. The zero-order chi connectivity index (χ0) is 34.9. The number of nitrogens with one attached hydrogen (secondary N) is 1. The van der Waals surface area contributed by atoms with E-state index in [4.69, 9.17) is 51.1 Å². The van der Waals surface area contributed by atoms with E-state index in [0.717, 1.165) is 27.9 Å². The van der Waals surface area contributed by atoms with Crippen molar-refractivity contribution in [2.75, 3.05) is 45.4 Å². The summed E-state index contributed by atoms with van der Waals surface area (Å²) >= 11 is 25.4. The zero-order valence-electron chi connectivity index (χ0n) is 25.1. The Labute approximate surface area is 295 Å². The van der Waals surface area contributed by atoms with Crippen LogP contribution < -0.4 is 19.9 Å². The van der Waals surface area contributed by atoms with Crippen molar-refractivity contribution in [3.63, 3.8) is 0 Å². The van der Waals surface area contributed by atoms with Gasteiger partial charge in [0.2, 0.25) is 17.7 Å². The van der Waals surface area contributed by atoms with Crippen LogP contribution in [0.25, 0.3) is 0 Å². The van der Waals surface area contributed by atoms with Crippen molar-refractivity contribution in [1.82, 2.24) is 0 Å². The van der Waals surface area contributed by atoms with Crippen molar-refractivity contribution in [2.24, 2.45) is 0 Å². The minimum Gasteiger partial charge on any atom is -0.495 e. The lowest BCUT2D eigenvalue weighted by Gasteiger charge is -2.23. The first-order chi connectivity index (χ1) is 21.8. The third kappa shape index (κ3) is 12.8. The van der Waals surface area contributed by atoms with Crippen LogP contribution in [-0.2, 0) is 20.6 Å². The summed E-state index contributed by atoms with van der Waals surface area (Å²) in [6.07, 6.45) is -3.91. The van der Waals surface area contributed by atoms with Crippen LogP contribution in [0.4, 0.5) is 30.2 Å². The Morgan fingerprint density at radius 3 is 1.96 bits per heavy atom. The van der Waals surface area contributed by atoms with Crippen LogP contribution in [0.2, 0.25) is 0 Å². The normalized spacial score (nSPS) is 11.1. The molecular weight excluding hydrogens is 757 g/mol. The van der Waals surface area contributed by atoms with Gasteiger partial charge >= 0.3 is 6.18 Å². The highest BCUT2D eigenvalue weighted by molar-refractivity contribution is 9.09. The van der Waals surface area contributed by atoms with E-state index in [1.165, 1.54) is 18.2 Å². The minimum absolute atomic E-state index is 0.0525. The molecule has 3 rings (SSSR count). The monoisotopic (exact) mass is 787 g/mol. The van der Waals surface area contributed by atoms with Crippen LogP contribution in [-0.4, -0.2) is 53.4 Å². The molecule has 1 N–H and O–H groups in total. The maximum Gasteiger partial charge on any atom is 0.418 e. The molecule has 0 heterocycles. The Morgan fingerprint density at radius 2 is 1.46 bits per heavy atom. The number of ether oxygens (including phenoxy) is 1. The average Bonchev–Trinajstić information content (AvgIpc) is 3.06. The van der Waals surface area contributed by atoms with Crippen LogP contribution >= 0.6 is 62.3 Å². The number of halogens is 8. The fourth-order valence-electron chi connectivity index (χ4n) is 3.68. The van der Waals surface area contributed by atoms with Gasteiger partial charge in [0.05, 0.1) is 29.5 Å². The summed E-state index contributed by atoms with van der Waals surface area (Å²) in [4.78, 5) is 36.7. The molecule has 3 aromatic rings. The number of para-hydroxylation sites is 3. The number of alkyl halides is 8. The first kappa shape index (κ1) is 41.3. The number of nitrogens with zero attached hydrogens (tertiary/aromatic N) is 2. The van der Waals surface area contributed by atoms with E-state index in [-0.39, 0.29) is 23.4 Å². The molecule has 46 heavy (non-hydrogen) atoms. The topological polar surface area (TPSA) is 79.0 Å². The number of hydrogen-bond acceptors (Lipinski definition) is 4. The number of carbonyl (C=O) groups excluding carboxylic acids is 3. The minimum atomic E-state index is -4.55. The molecule has 7 nitrogen and oxygen atoms in total. The Bertz CT molecular complexity index is 1400. The summed E-state index contributed by atoms with van der Waals surface area (Å²) in [6, 6.07) is 19.2. The third-order valence-electron chi connectivity index (χ3n) is 5.94. The van der Waals surface area contributed by atoms with Crippen LogP contribution in [0.5, 0.6) is 5.75 Å². The Morgan fingerprint density at radius 1 is 0.891 bits per heavy atom. The smallest absolute Gasteiger partial charge is 0.418 e. The lowest BCUT2D eigenvalue weighted by atomic mass is 10.1. The van der Waals surface area contributed by atoms with Gasteiger partial charge in [-0.05, 0) is 49.2 Å². The number of amides is 3. The molecule has 0 bridgehead atoms. The highest BCUT2D eigenvalue weighted by Crippen LogP contribution is 2.36. The molecule has 3 aromatic carbocycles. The van der Waals surface area contributed by atoms with Gasteiger partial charge in [0.1, 0.15) is 28.9 Å². The fraction of sp³-hybridized carbons (Fsp3) is 0.323. The van der Waals surface area contributed by atoms with E-state index in [2.05, 4.69) is 21.2 Å². The molecule has 0 fully saturated rings. The second kappa shape index (κ2) is 21.2. The van der Waals surface area contributed by atoms with Gasteiger partial charge in [-0.25, -0.2) is 0 Å². The van der Waals surface area contributed by atoms with Crippen molar-refractivity contribution in [2.45, 2.75) is 31.8 Å². The van der Waals surface area contributed by atoms with E-state index in [1.54, 1.807) is 12.0 Å². The zero-order valence-corrected chi connectivity index (χ0v) is 29.7. The van der Waals surface area contributed by atoms with E-state index in [1.807, 2.05) is 62.4 Å². The van der Waals surface area contributed by atoms with E-state index in [9.17, 15) is 27.6 Å². The lowest BCUT2D eigenvalue weighted by molar-refractivity contribution is -0.137. The molecule has 0 aliphatic rings. The average molecular weight is 790 g/mol. The SMILES string of the molecule is CCC(Cl)C(=O)Nc1ccccc1.COc1cccc(C)c1N(CBr)C(=O)CCl.O=C(CCl)N(CCl)c1ccccc1C(F)(F)F. The van der Waals surface area contributed by atoms with E-state index in [0.29, 0.717) is 17.6 Å². The molecule has 0 aliphatic heterocycles. The van der Waals surface area contributed by atoms with Crippen molar-refractivity contribution in [1.29, 1.82) is 0 Å². The molecule has 0 saturated heterocycles. The van der Waals surface area contributed by atoms with Crippen LogP contribution in [0.3, 0.4) is 0 Å². The number of rotatable bonds is 10. The van der Waals surface area contributed by atoms with Gasteiger partial charge in [-0.3, -0.25) is 24.2 Å². The molecule has 0 radical (unpaired) electrons. The number of benzene rings is 3. The number of carbonyl (C=O) groups is 3. The Kier molecular flexibility index (Phi) is 19.1. The summed E-state index contributed by atoms with van der Waals surface area (Å²) in [6.45, 7) is 3.80. The lowest BCUT2D eigenvalue weighted by Crippen LogP contribution is -2.32. The molecular formula is C31H33BrCl4F3N3O4. The van der Waals surface area contributed by atoms with Crippen molar-refractivity contribution in [3.8, 4) is 5.75 Å². The molecule has 0 aliphatic carbocycles. The second-order valence-electron chi connectivity index (χ2n) is 9.02. The summed E-state index contributed by atoms with van der Waals surface area (Å²) in [5.74, 6) is -0.806. The molecule has 0 aromatic heterocycles.